The summed E-state index contributed by atoms with van der Waals surface area (Å²) in [6.45, 7) is 7.77. The summed E-state index contributed by atoms with van der Waals surface area (Å²) in [6, 6.07) is 2.49. The molecular formula is C11H19NOS. The van der Waals surface area contributed by atoms with Gasteiger partial charge in [0.1, 0.15) is 0 Å². The van der Waals surface area contributed by atoms with Gasteiger partial charge >= 0.3 is 0 Å². The lowest BCUT2D eigenvalue weighted by molar-refractivity contribution is 0.0405. The van der Waals surface area contributed by atoms with E-state index in [4.69, 9.17) is 0 Å². The molecule has 0 aliphatic carbocycles. The summed E-state index contributed by atoms with van der Waals surface area (Å²) >= 11 is 1.70. The Kier molecular flexibility index (Phi) is 3.70. The zero-order chi connectivity index (χ0) is 10.8. The summed E-state index contributed by atoms with van der Waals surface area (Å²) < 4.78 is 0. The summed E-state index contributed by atoms with van der Waals surface area (Å²) in [6.07, 6.45) is 0. The zero-order valence-corrected chi connectivity index (χ0v) is 10.1. The Bertz CT molecular complexity index is 263. The number of aliphatic hydroxyl groups is 1. The van der Waals surface area contributed by atoms with Crippen LogP contribution < -0.4 is 5.32 Å². The van der Waals surface area contributed by atoms with Crippen LogP contribution in [-0.2, 0) is 0 Å². The molecule has 1 aromatic rings. The Morgan fingerprint density at radius 2 is 2.07 bits per heavy atom. The largest absolute Gasteiger partial charge is 0.389 e. The van der Waals surface area contributed by atoms with Crippen molar-refractivity contribution < 1.29 is 5.11 Å². The summed E-state index contributed by atoms with van der Waals surface area (Å²) in [5.41, 5.74) is 0.607. The van der Waals surface area contributed by atoms with Crippen molar-refractivity contribution in [1.29, 1.82) is 0 Å². The van der Waals surface area contributed by atoms with Crippen LogP contribution in [0.2, 0.25) is 0 Å². The van der Waals surface area contributed by atoms with Crippen molar-refractivity contribution in [1.82, 2.24) is 5.32 Å². The van der Waals surface area contributed by atoms with E-state index in [1.165, 1.54) is 5.56 Å². The predicted octanol–water partition coefficient (Wildman–Crippen LogP) is 2.56. The van der Waals surface area contributed by atoms with E-state index in [1.807, 2.05) is 20.8 Å². The van der Waals surface area contributed by atoms with Gasteiger partial charge in [-0.25, -0.2) is 0 Å². The molecule has 14 heavy (non-hydrogen) atoms. The first-order chi connectivity index (χ1) is 6.41. The highest BCUT2D eigenvalue weighted by Gasteiger charge is 2.23. The van der Waals surface area contributed by atoms with E-state index >= 15 is 0 Å². The van der Waals surface area contributed by atoms with Gasteiger partial charge in [-0.3, -0.25) is 0 Å². The molecule has 0 saturated heterocycles. The number of rotatable bonds is 4. The van der Waals surface area contributed by atoms with Crippen molar-refractivity contribution in [3.8, 4) is 0 Å². The molecule has 80 valence electrons. The van der Waals surface area contributed by atoms with Gasteiger partial charge in [-0.2, -0.15) is 11.3 Å². The Hall–Kier alpha value is -0.380. The van der Waals surface area contributed by atoms with Gasteiger partial charge in [0.15, 0.2) is 0 Å². The van der Waals surface area contributed by atoms with E-state index < -0.39 is 5.60 Å². The van der Waals surface area contributed by atoms with Crippen LogP contribution in [0.25, 0.3) is 0 Å². The van der Waals surface area contributed by atoms with Crippen LogP contribution in [0, 0.1) is 0 Å². The highest BCUT2D eigenvalue weighted by atomic mass is 32.1. The second-order valence-electron chi connectivity index (χ2n) is 4.32. The molecule has 0 fully saturated rings. The first kappa shape index (κ1) is 11.7. The molecule has 2 N–H and O–H groups in total. The Balaban J connectivity index is 2.53. The highest BCUT2D eigenvalue weighted by molar-refractivity contribution is 7.07. The molecule has 0 aliphatic heterocycles. The second kappa shape index (κ2) is 4.43. The highest BCUT2D eigenvalue weighted by Crippen LogP contribution is 2.18. The topological polar surface area (TPSA) is 32.3 Å². The van der Waals surface area contributed by atoms with Gasteiger partial charge in [-0.1, -0.05) is 0 Å². The third kappa shape index (κ3) is 3.08. The molecule has 2 atom stereocenters. The lowest BCUT2D eigenvalue weighted by atomic mass is 9.99. The fourth-order valence-electron chi connectivity index (χ4n) is 1.20. The first-order valence-electron chi connectivity index (χ1n) is 4.92. The average molecular weight is 213 g/mol. The fraction of sp³-hybridized carbons (Fsp3) is 0.636. The maximum atomic E-state index is 9.77. The molecule has 0 aliphatic rings. The molecule has 1 aromatic heterocycles. The van der Waals surface area contributed by atoms with E-state index in [0.29, 0.717) is 6.04 Å². The summed E-state index contributed by atoms with van der Waals surface area (Å²) in [5.74, 6) is 0. The van der Waals surface area contributed by atoms with Crippen molar-refractivity contribution >= 4 is 11.3 Å². The van der Waals surface area contributed by atoms with Crippen LogP contribution in [0.1, 0.15) is 39.3 Å². The monoisotopic (exact) mass is 213 g/mol. The lowest BCUT2D eigenvalue weighted by Crippen LogP contribution is -2.45. The quantitative estimate of drug-likeness (QED) is 0.805. The third-order valence-corrected chi connectivity index (χ3v) is 3.30. The molecular weight excluding hydrogens is 194 g/mol. The lowest BCUT2D eigenvalue weighted by Gasteiger charge is -2.29. The van der Waals surface area contributed by atoms with E-state index in [2.05, 4.69) is 29.1 Å². The number of hydrogen-bond acceptors (Lipinski definition) is 3. The summed E-state index contributed by atoms with van der Waals surface area (Å²) in [5, 5.41) is 17.4. The first-order valence-corrected chi connectivity index (χ1v) is 5.86. The second-order valence-corrected chi connectivity index (χ2v) is 5.10. The van der Waals surface area contributed by atoms with Crippen LogP contribution in [0.5, 0.6) is 0 Å². The van der Waals surface area contributed by atoms with Gasteiger partial charge < -0.3 is 10.4 Å². The van der Waals surface area contributed by atoms with Crippen LogP contribution in [0.3, 0.4) is 0 Å². The zero-order valence-electron chi connectivity index (χ0n) is 9.24. The SMILES string of the molecule is CC(NC(C)C(C)(C)O)c1ccsc1. The molecule has 0 spiro atoms. The minimum Gasteiger partial charge on any atom is -0.389 e. The molecule has 1 rings (SSSR count). The van der Waals surface area contributed by atoms with Gasteiger partial charge in [0, 0.05) is 12.1 Å². The number of hydrogen-bond donors (Lipinski definition) is 2. The van der Waals surface area contributed by atoms with Gasteiger partial charge in [0.2, 0.25) is 0 Å². The number of nitrogens with one attached hydrogen (secondary N) is 1. The minimum absolute atomic E-state index is 0.0809. The molecule has 1 heterocycles. The van der Waals surface area contributed by atoms with Crippen molar-refractivity contribution in [3.63, 3.8) is 0 Å². The van der Waals surface area contributed by atoms with Crippen molar-refractivity contribution in [3.05, 3.63) is 22.4 Å². The van der Waals surface area contributed by atoms with Gasteiger partial charge in [0.25, 0.3) is 0 Å². The molecule has 2 nitrogen and oxygen atoms in total. The van der Waals surface area contributed by atoms with E-state index in [0.717, 1.165) is 0 Å². The van der Waals surface area contributed by atoms with E-state index in [-0.39, 0.29) is 6.04 Å². The van der Waals surface area contributed by atoms with Crippen LogP contribution >= 0.6 is 11.3 Å². The summed E-state index contributed by atoms with van der Waals surface area (Å²) in [7, 11) is 0. The Morgan fingerprint density at radius 3 is 2.50 bits per heavy atom. The molecule has 3 heteroatoms. The van der Waals surface area contributed by atoms with Crippen LogP contribution in [0.15, 0.2) is 16.8 Å². The van der Waals surface area contributed by atoms with Crippen molar-refractivity contribution in [2.24, 2.45) is 0 Å². The maximum Gasteiger partial charge on any atom is 0.0741 e. The fourth-order valence-corrected chi connectivity index (χ4v) is 1.95. The molecule has 2 unspecified atom stereocenters. The van der Waals surface area contributed by atoms with Gasteiger partial charge in [-0.15, -0.1) is 0 Å². The maximum absolute atomic E-state index is 9.77. The molecule has 0 radical (unpaired) electrons. The van der Waals surface area contributed by atoms with Crippen molar-refractivity contribution in [2.45, 2.75) is 45.4 Å². The van der Waals surface area contributed by atoms with E-state index in [9.17, 15) is 5.11 Å². The third-order valence-electron chi connectivity index (χ3n) is 2.60. The Morgan fingerprint density at radius 1 is 1.43 bits per heavy atom. The smallest absolute Gasteiger partial charge is 0.0741 e. The van der Waals surface area contributed by atoms with Crippen molar-refractivity contribution in [2.75, 3.05) is 0 Å². The van der Waals surface area contributed by atoms with Crippen LogP contribution in [-0.4, -0.2) is 16.7 Å². The number of thiophene rings is 1. The molecule has 0 bridgehead atoms. The minimum atomic E-state index is -0.676. The predicted molar refractivity (Wildman–Crippen MR) is 61.6 cm³/mol. The van der Waals surface area contributed by atoms with E-state index in [1.54, 1.807) is 11.3 Å². The normalized spacial score (nSPS) is 16.6. The molecule has 0 saturated carbocycles. The Labute approximate surface area is 90.0 Å². The molecule has 0 aromatic carbocycles. The standard InChI is InChI=1S/C11H19NOS/c1-8(10-5-6-14-7-10)12-9(2)11(3,4)13/h5-9,12-13H,1-4H3. The van der Waals surface area contributed by atoms with Gasteiger partial charge in [0.05, 0.1) is 5.60 Å². The molecule has 0 amide bonds. The van der Waals surface area contributed by atoms with Gasteiger partial charge in [-0.05, 0) is 50.1 Å². The summed E-state index contributed by atoms with van der Waals surface area (Å²) in [4.78, 5) is 0. The average Bonchev–Trinajstić information content (AvgIpc) is 2.53. The van der Waals surface area contributed by atoms with Crippen LogP contribution in [0.4, 0.5) is 0 Å².